The summed E-state index contributed by atoms with van der Waals surface area (Å²) in [6.07, 6.45) is 0.345. The second kappa shape index (κ2) is 7.52. The molecule has 1 atom stereocenters. The van der Waals surface area contributed by atoms with Crippen molar-refractivity contribution in [2.45, 2.75) is 23.8 Å². The Kier molecular flexibility index (Phi) is 4.99. The molecule has 1 saturated heterocycles. The lowest BCUT2D eigenvalue weighted by molar-refractivity contribution is -0.135. The van der Waals surface area contributed by atoms with Gasteiger partial charge in [0, 0.05) is 12.1 Å². The Labute approximate surface area is 180 Å². The number of likely N-dealkylation sites (tertiary alicyclic amines) is 1. The Morgan fingerprint density at radius 3 is 2.35 bits per heavy atom. The smallest absolute Gasteiger partial charge is 0.264 e. The lowest BCUT2D eigenvalue weighted by Gasteiger charge is -2.48. The molecule has 0 radical (unpaired) electrons. The van der Waals surface area contributed by atoms with Crippen molar-refractivity contribution in [2.75, 3.05) is 6.54 Å². The van der Waals surface area contributed by atoms with Crippen molar-refractivity contribution >= 4 is 32.6 Å². The van der Waals surface area contributed by atoms with E-state index in [2.05, 4.69) is 4.72 Å². The van der Waals surface area contributed by atoms with Crippen molar-refractivity contribution in [1.82, 2.24) is 9.62 Å². The Balaban J connectivity index is 1.58. The van der Waals surface area contributed by atoms with Crippen LogP contribution >= 0.6 is 0 Å². The van der Waals surface area contributed by atoms with E-state index >= 15 is 0 Å². The number of nitrogens with one attached hydrogen (secondary N) is 1. The van der Waals surface area contributed by atoms with Crippen molar-refractivity contribution in [3.05, 3.63) is 77.9 Å². The predicted molar refractivity (Wildman–Crippen MR) is 114 cm³/mol. The number of sulfonamides is 1. The molecule has 156 valence electrons. The molecule has 0 bridgehead atoms. The van der Waals surface area contributed by atoms with Crippen LogP contribution in [-0.4, -0.2) is 37.2 Å². The molecule has 1 aliphatic heterocycles. The zero-order chi connectivity index (χ0) is 22.2. The van der Waals surface area contributed by atoms with Gasteiger partial charge in [-0.05, 0) is 54.4 Å². The summed E-state index contributed by atoms with van der Waals surface area (Å²) in [5.74, 6) is -1.09. The summed E-state index contributed by atoms with van der Waals surface area (Å²) in [7, 11) is -4.14. The minimum Gasteiger partial charge on any atom is -0.324 e. The van der Waals surface area contributed by atoms with Crippen molar-refractivity contribution in [3.63, 3.8) is 0 Å². The van der Waals surface area contributed by atoms with E-state index < -0.39 is 21.5 Å². The van der Waals surface area contributed by atoms with E-state index in [4.69, 9.17) is 5.26 Å². The van der Waals surface area contributed by atoms with E-state index in [1.165, 1.54) is 29.2 Å². The monoisotopic (exact) mass is 433 g/mol. The van der Waals surface area contributed by atoms with Crippen LogP contribution in [0.15, 0.2) is 71.6 Å². The summed E-state index contributed by atoms with van der Waals surface area (Å²) in [5.41, 5.74) is -0.511. The second-order valence-electron chi connectivity index (χ2n) is 7.58. The highest BCUT2D eigenvalue weighted by atomic mass is 32.2. The molecule has 4 rings (SSSR count). The van der Waals surface area contributed by atoms with Gasteiger partial charge in [0.25, 0.3) is 21.8 Å². The fourth-order valence-electron chi connectivity index (χ4n) is 3.68. The van der Waals surface area contributed by atoms with Gasteiger partial charge in [0.1, 0.15) is 5.54 Å². The Morgan fingerprint density at radius 1 is 1.03 bits per heavy atom. The highest BCUT2D eigenvalue weighted by Gasteiger charge is 2.50. The van der Waals surface area contributed by atoms with Crippen LogP contribution in [0.1, 0.15) is 29.3 Å². The number of nitriles is 1. The van der Waals surface area contributed by atoms with E-state index in [0.29, 0.717) is 24.1 Å². The number of benzene rings is 3. The van der Waals surface area contributed by atoms with Crippen molar-refractivity contribution in [1.29, 1.82) is 5.26 Å². The minimum absolute atomic E-state index is 0.130. The number of hydrogen-bond acceptors (Lipinski definition) is 5. The number of fused-ring (bicyclic) bond motifs is 1. The molecular weight excluding hydrogens is 414 g/mol. The summed E-state index contributed by atoms with van der Waals surface area (Å²) < 4.78 is 27.3. The molecule has 1 fully saturated rings. The number of carbonyl (C=O) groups is 2. The van der Waals surface area contributed by atoms with Gasteiger partial charge in [-0.25, -0.2) is 13.1 Å². The number of amides is 2. The van der Waals surface area contributed by atoms with Gasteiger partial charge in [-0.3, -0.25) is 9.59 Å². The van der Waals surface area contributed by atoms with Crippen LogP contribution in [0.4, 0.5) is 0 Å². The first-order chi connectivity index (χ1) is 14.8. The first-order valence-electron chi connectivity index (χ1n) is 9.63. The average Bonchev–Trinajstić information content (AvgIpc) is 2.77. The predicted octanol–water partition coefficient (Wildman–Crippen LogP) is 2.82. The van der Waals surface area contributed by atoms with Gasteiger partial charge in [-0.1, -0.05) is 36.4 Å². The van der Waals surface area contributed by atoms with Crippen LogP contribution in [0.3, 0.4) is 0 Å². The van der Waals surface area contributed by atoms with E-state index in [-0.39, 0.29) is 10.8 Å². The Bertz CT molecular complexity index is 1340. The van der Waals surface area contributed by atoms with Crippen molar-refractivity contribution in [2.24, 2.45) is 0 Å². The molecule has 2 amide bonds. The van der Waals surface area contributed by atoms with Crippen LogP contribution in [0.5, 0.6) is 0 Å². The zero-order valence-corrected chi connectivity index (χ0v) is 17.5. The molecule has 0 aliphatic carbocycles. The van der Waals surface area contributed by atoms with Crippen LogP contribution in [0, 0.1) is 11.3 Å². The molecule has 1 aliphatic rings. The second-order valence-corrected chi connectivity index (χ2v) is 9.26. The summed E-state index contributed by atoms with van der Waals surface area (Å²) in [5, 5.41) is 10.5. The molecule has 0 saturated carbocycles. The highest BCUT2D eigenvalue weighted by molar-refractivity contribution is 7.90. The lowest BCUT2D eigenvalue weighted by Crippen LogP contribution is -2.67. The molecule has 1 unspecified atom stereocenters. The van der Waals surface area contributed by atoms with Crippen LogP contribution in [0.25, 0.3) is 10.8 Å². The van der Waals surface area contributed by atoms with Gasteiger partial charge in [0.2, 0.25) is 0 Å². The van der Waals surface area contributed by atoms with Crippen LogP contribution < -0.4 is 4.72 Å². The molecule has 31 heavy (non-hydrogen) atoms. The Hall–Kier alpha value is -3.70. The molecule has 0 aromatic heterocycles. The van der Waals surface area contributed by atoms with Gasteiger partial charge in [0.05, 0.1) is 16.5 Å². The largest absolute Gasteiger partial charge is 0.324 e. The number of hydrogen-bond donors (Lipinski definition) is 1. The minimum atomic E-state index is -4.14. The van der Waals surface area contributed by atoms with E-state index in [0.717, 1.165) is 10.8 Å². The van der Waals surface area contributed by atoms with Gasteiger partial charge in [-0.15, -0.1) is 0 Å². The normalized spacial score (nSPS) is 18.1. The molecule has 3 aromatic carbocycles. The van der Waals surface area contributed by atoms with Crippen molar-refractivity contribution in [3.8, 4) is 6.07 Å². The first kappa shape index (κ1) is 20.6. The molecule has 7 nitrogen and oxygen atoms in total. The third-order valence-electron chi connectivity index (χ3n) is 5.69. The average molecular weight is 433 g/mol. The van der Waals surface area contributed by atoms with E-state index in [1.807, 2.05) is 36.4 Å². The van der Waals surface area contributed by atoms with Crippen molar-refractivity contribution < 1.29 is 18.0 Å². The van der Waals surface area contributed by atoms with Crippen LogP contribution in [-0.2, 0) is 14.8 Å². The maximum atomic E-state index is 13.2. The standard InChI is InChI=1S/C23H19N3O4S/c1-23(22(28)25-31(29,30)18-11-9-16(15-24)10-12-18)13-14-26(23)21(27)20-8-4-6-17-5-2-3-7-19(17)20/h2-12H,13-14H2,1H3,(H,25,28). The van der Waals surface area contributed by atoms with E-state index in [9.17, 15) is 18.0 Å². The molecule has 1 N–H and O–H groups in total. The third kappa shape index (κ3) is 3.53. The summed E-state index contributed by atoms with van der Waals surface area (Å²) in [6.45, 7) is 1.91. The van der Waals surface area contributed by atoms with Gasteiger partial charge >= 0.3 is 0 Å². The maximum absolute atomic E-state index is 13.2. The SMILES string of the molecule is CC1(C(=O)NS(=O)(=O)c2ccc(C#N)cc2)CCN1C(=O)c1cccc2ccccc12. The Morgan fingerprint density at radius 2 is 1.71 bits per heavy atom. The summed E-state index contributed by atoms with van der Waals surface area (Å²) >= 11 is 0. The lowest BCUT2D eigenvalue weighted by atomic mass is 9.84. The first-order valence-corrected chi connectivity index (χ1v) is 11.1. The highest BCUT2D eigenvalue weighted by Crippen LogP contribution is 2.34. The van der Waals surface area contributed by atoms with Crippen LogP contribution in [0.2, 0.25) is 0 Å². The summed E-state index contributed by atoms with van der Waals surface area (Å²) in [6, 6.07) is 20.0. The zero-order valence-electron chi connectivity index (χ0n) is 16.7. The topological polar surface area (TPSA) is 107 Å². The molecule has 8 heteroatoms. The molecule has 3 aromatic rings. The fraction of sp³-hybridized carbons (Fsp3) is 0.174. The number of nitrogens with zero attached hydrogens (tertiary/aromatic N) is 2. The number of carbonyl (C=O) groups excluding carboxylic acids is 2. The van der Waals surface area contributed by atoms with E-state index in [1.54, 1.807) is 19.1 Å². The number of rotatable bonds is 4. The van der Waals surface area contributed by atoms with Gasteiger partial charge < -0.3 is 4.90 Å². The van der Waals surface area contributed by atoms with Gasteiger partial charge in [-0.2, -0.15) is 5.26 Å². The maximum Gasteiger partial charge on any atom is 0.264 e. The fourth-order valence-corrected chi connectivity index (χ4v) is 4.75. The third-order valence-corrected chi connectivity index (χ3v) is 7.04. The molecular formula is C23H19N3O4S. The van der Waals surface area contributed by atoms with Gasteiger partial charge in [0.15, 0.2) is 0 Å². The quantitative estimate of drug-likeness (QED) is 0.681. The summed E-state index contributed by atoms with van der Waals surface area (Å²) in [4.78, 5) is 27.4. The molecule has 0 spiro atoms. The molecule has 1 heterocycles.